The van der Waals surface area contributed by atoms with Gasteiger partial charge in [0.2, 0.25) is 23.6 Å². The number of phenols is 1. The number of benzene rings is 3. The van der Waals surface area contributed by atoms with E-state index in [2.05, 4.69) is 15.9 Å². The largest absolute Gasteiger partial charge is 0.503 e. The number of hydrogen-bond acceptors (Lipinski definition) is 6. The predicted octanol–water partition coefficient (Wildman–Crippen LogP) is 5.20. The number of nitrogens with zero attached hydrogens (tertiary/aromatic N) is 2. The highest BCUT2D eigenvalue weighted by Gasteiger charge is 2.61. The van der Waals surface area contributed by atoms with Gasteiger partial charge in [0.15, 0.2) is 11.5 Å². The van der Waals surface area contributed by atoms with E-state index in [1.165, 1.54) is 16.9 Å². The van der Waals surface area contributed by atoms with Crippen LogP contribution in [0.5, 0.6) is 11.5 Å². The van der Waals surface area contributed by atoms with Crippen LogP contribution in [-0.4, -0.2) is 45.6 Å². The van der Waals surface area contributed by atoms with Crippen LogP contribution in [0.2, 0.25) is 0 Å². The van der Waals surface area contributed by atoms with E-state index in [1.54, 1.807) is 12.1 Å². The summed E-state index contributed by atoms with van der Waals surface area (Å²) >= 11 is 3.43. The number of aromatic hydroxyl groups is 1. The van der Waals surface area contributed by atoms with Crippen molar-refractivity contribution >= 4 is 39.6 Å². The second-order valence-electron chi connectivity index (χ2n) is 12.1. The van der Waals surface area contributed by atoms with Crippen LogP contribution in [0.3, 0.4) is 0 Å². The Bertz CT molecular complexity index is 1710. The Balaban J connectivity index is 1.30. The van der Waals surface area contributed by atoms with Gasteiger partial charge in [0.05, 0.1) is 48.3 Å². The summed E-state index contributed by atoms with van der Waals surface area (Å²) in [6.07, 6.45) is 2.72. The first-order valence-electron chi connectivity index (χ1n) is 14.8. The van der Waals surface area contributed by atoms with E-state index in [0.717, 1.165) is 16.7 Å². The van der Waals surface area contributed by atoms with Crippen molar-refractivity contribution in [3.63, 3.8) is 0 Å². The van der Waals surface area contributed by atoms with Crippen LogP contribution in [0.25, 0.3) is 0 Å². The summed E-state index contributed by atoms with van der Waals surface area (Å²) < 4.78 is 5.86. The van der Waals surface area contributed by atoms with E-state index in [1.807, 2.05) is 66.7 Å². The fourth-order valence-electron chi connectivity index (χ4n) is 7.87. The van der Waals surface area contributed by atoms with Crippen LogP contribution < -0.4 is 4.74 Å². The molecule has 1 N–H and O–H groups in total. The van der Waals surface area contributed by atoms with Crippen molar-refractivity contribution in [2.45, 2.75) is 31.8 Å². The number of hydrogen-bond donors (Lipinski definition) is 1. The minimum Gasteiger partial charge on any atom is -0.503 e. The molecule has 3 aromatic rings. The molecule has 1 saturated carbocycles. The van der Waals surface area contributed by atoms with E-state index in [-0.39, 0.29) is 54.1 Å². The molecule has 8 nitrogen and oxygen atoms in total. The lowest BCUT2D eigenvalue weighted by Gasteiger charge is -2.44. The molecule has 224 valence electrons. The van der Waals surface area contributed by atoms with Gasteiger partial charge < -0.3 is 9.84 Å². The average Bonchev–Trinajstić information content (AvgIpc) is 3.42. The minimum atomic E-state index is -0.681. The fraction of sp³-hybridized carbons (Fsp3) is 0.314. The standard InChI is InChI=1S/C35H31BrN2O6/c1-44-27-15-21(14-26(36)31(27)39)28-22-12-13-23-29(34(42)37(32(23)40)17-19-8-4-2-5-9-19)24(22)16-25-30(28)35(43)38(33(25)41)18-20-10-6-3-7-11-20/h2-12,14-15,23-25,28-30,39H,13,16-18H2,1H3. The van der Waals surface area contributed by atoms with Gasteiger partial charge in [-0.2, -0.15) is 0 Å². The van der Waals surface area contributed by atoms with Crippen LogP contribution in [0.15, 0.2) is 88.9 Å². The molecule has 2 aliphatic heterocycles. The van der Waals surface area contributed by atoms with Crippen molar-refractivity contribution in [3.05, 3.63) is 106 Å². The Kier molecular flexibility index (Phi) is 7.16. The summed E-state index contributed by atoms with van der Waals surface area (Å²) in [5.74, 6) is -4.11. The second kappa shape index (κ2) is 11.0. The number of imide groups is 2. The number of carbonyl (C=O) groups is 4. The molecule has 0 radical (unpaired) electrons. The maximum absolute atomic E-state index is 14.2. The van der Waals surface area contributed by atoms with E-state index >= 15 is 0 Å². The van der Waals surface area contributed by atoms with E-state index < -0.39 is 29.6 Å². The molecule has 0 spiro atoms. The highest BCUT2D eigenvalue weighted by molar-refractivity contribution is 9.10. The second-order valence-corrected chi connectivity index (χ2v) is 12.9. The quantitative estimate of drug-likeness (QED) is 0.290. The van der Waals surface area contributed by atoms with Crippen LogP contribution in [0.1, 0.15) is 35.4 Å². The van der Waals surface area contributed by atoms with Gasteiger partial charge in [-0.15, -0.1) is 0 Å². The molecule has 3 fully saturated rings. The van der Waals surface area contributed by atoms with E-state index in [4.69, 9.17) is 4.74 Å². The van der Waals surface area contributed by atoms with Crippen LogP contribution in [-0.2, 0) is 32.3 Å². The SMILES string of the molecule is COc1cc(C2C3=CCC4C(=O)N(Cc5ccccc5)C(=O)C4C3CC3C(=O)N(Cc4ccccc4)C(=O)C32)cc(Br)c1O. The lowest BCUT2D eigenvalue weighted by atomic mass is 9.57. The van der Waals surface area contributed by atoms with Gasteiger partial charge in [-0.1, -0.05) is 72.3 Å². The summed E-state index contributed by atoms with van der Waals surface area (Å²) in [6, 6.07) is 22.3. The first-order valence-corrected chi connectivity index (χ1v) is 15.6. The number of fused-ring (bicyclic) bond motifs is 4. The number of rotatable bonds is 6. The zero-order chi connectivity index (χ0) is 30.7. The van der Waals surface area contributed by atoms with Crippen molar-refractivity contribution in [2.24, 2.45) is 29.6 Å². The third-order valence-corrected chi connectivity index (χ3v) is 10.4. The molecule has 4 aliphatic rings. The number of amides is 4. The van der Waals surface area contributed by atoms with Crippen molar-refractivity contribution in [3.8, 4) is 11.5 Å². The van der Waals surface area contributed by atoms with Crippen molar-refractivity contribution in [1.82, 2.24) is 9.80 Å². The summed E-state index contributed by atoms with van der Waals surface area (Å²) in [5, 5.41) is 10.6. The molecule has 2 saturated heterocycles. The van der Waals surface area contributed by atoms with E-state index in [0.29, 0.717) is 22.9 Å². The fourth-order valence-corrected chi connectivity index (χ4v) is 8.33. The Labute approximate surface area is 263 Å². The summed E-state index contributed by atoms with van der Waals surface area (Å²) in [4.78, 5) is 58.6. The maximum Gasteiger partial charge on any atom is 0.234 e. The van der Waals surface area contributed by atoms with Gasteiger partial charge in [-0.25, -0.2) is 0 Å². The molecule has 0 aromatic heterocycles. The average molecular weight is 656 g/mol. The highest BCUT2D eigenvalue weighted by atomic mass is 79.9. The Hall–Kier alpha value is -4.24. The van der Waals surface area contributed by atoms with Gasteiger partial charge in [0.25, 0.3) is 0 Å². The molecule has 4 amide bonds. The van der Waals surface area contributed by atoms with Gasteiger partial charge in [0.1, 0.15) is 0 Å². The summed E-state index contributed by atoms with van der Waals surface area (Å²) in [6.45, 7) is 0.367. The highest BCUT2D eigenvalue weighted by Crippen LogP contribution is 2.58. The molecule has 2 aliphatic carbocycles. The number of carbonyl (C=O) groups excluding carboxylic acids is 4. The smallest absolute Gasteiger partial charge is 0.234 e. The van der Waals surface area contributed by atoms with Gasteiger partial charge in [-0.3, -0.25) is 29.0 Å². The maximum atomic E-state index is 14.2. The minimum absolute atomic E-state index is 0.0644. The molecule has 3 aromatic carbocycles. The molecular formula is C35H31BrN2O6. The first-order chi connectivity index (χ1) is 21.3. The molecule has 6 unspecified atom stereocenters. The summed E-state index contributed by atoms with van der Waals surface area (Å²) in [5.41, 5.74) is 3.33. The van der Waals surface area contributed by atoms with Crippen LogP contribution in [0, 0.1) is 29.6 Å². The number of phenolic OH excluding ortho intramolecular Hbond substituents is 1. The molecular weight excluding hydrogens is 624 g/mol. The number of likely N-dealkylation sites (tertiary alicyclic amines) is 2. The third kappa shape index (κ3) is 4.48. The van der Waals surface area contributed by atoms with Crippen molar-refractivity contribution in [1.29, 1.82) is 0 Å². The molecule has 2 heterocycles. The van der Waals surface area contributed by atoms with Gasteiger partial charge in [0, 0.05) is 5.92 Å². The Morgan fingerprint density at radius 3 is 1.93 bits per heavy atom. The lowest BCUT2D eigenvalue weighted by Crippen LogP contribution is -2.43. The number of halogens is 1. The van der Waals surface area contributed by atoms with Gasteiger partial charge >= 0.3 is 0 Å². The Morgan fingerprint density at radius 2 is 1.34 bits per heavy atom. The molecule has 9 heteroatoms. The van der Waals surface area contributed by atoms with Crippen molar-refractivity contribution in [2.75, 3.05) is 7.11 Å². The first kappa shape index (κ1) is 28.5. The number of allylic oxidation sites excluding steroid dienone is 2. The number of methoxy groups -OCH3 is 1. The summed E-state index contributed by atoms with van der Waals surface area (Å²) in [7, 11) is 1.46. The predicted molar refractivity (Wildman–Crippen MR) is 164 cm³/mol. The zero-order valence-corrected chi connectivity index (χ0v) is 25.6. The normalized spacial score (nSPS) is 27.6. The van der Waals surface area contributed by atoms with E-state index in [9.17, 15) is 24.3 Å². The number of ether oxygens (including phenoxy) is 1. The topological polar surface area (TPSA) is 104 Å². The molecule has 0 bridgehead atoms. The lowest BCUT2D eigenvalue weighted by molar-refractivity contribution is -0.142. The molecule has 6 atom stereocenters. The van der Waals surface area contributed by atoms with Crippen molar-refractivity contribution < 1.29 is 29.0 Å². The zero-order valence-electron chi connectivity index (χ0n) is 24.1. The molecule has 44 heavy (non-hydrogen) atoms. The van der Waals surface area contributed by atoms with Gasteiger partial charge in [-0.05, 0) is 63.5 Å². The van der Waals surface area contributed by atoms with Crippen LogP contribution in [0.4, 0.5) is 0 Å². The molecule has 7 rings (SSSR count). The van der Waals surface area contributed by atoms with Crippen LogP contribution >= 0.6 is 15.9 Å². The monoisotopic (exact) mass is 654 g/mol. The third-order valence-electron chi connectivity index (χ3n) is 9.83. The Morgan fingerprint density at radius 1 is 0.773 bits per heavy atom.